The first kappa shape index (κ1) is 14.8. The van der Waals surface area contributed by atoms with E-state index in [0.29, 0.717) is 17.1 Å². The molecule has 2 rings (SSSR count). The molecular formula is C16H17ClFNO. The highest BCUT2D eigenvalue weighted by molar-refractivity contribution is 6.30. The van der Waals surface area contributed by atoms with Crippen molar-refractivity contribution in [3.8, 4) is 5.75 Å². The van der Waals surface area contributed by atoms with Gasteiger partial charge in [0.15, 0.2) is 11.6 Å². The second-order valence-electron chi connectivity index (χ2n) is 4.59. The van der Waals surface area contributed by atoms with Gasteiger partial charge in [0.1, 0.15) is 0 Å². The van der Waals surface area contributed by atoms with Gasteiger partial charge in [0.25, 0.3) is 0 Å². The van der Waals surface area contributed by atoms with Crippen LogP contribution in [0.25, 0.3) is 0 Å². The summed E-state index contributed by atoms with van der Waals surface area (Å²) >= 11 is 5.86. The Balaban J connectivity index is 2.03. The Morgan fingerprint density at radius 2 is 1.90 bits per heavy atom. The Kier molecular flexibility index (Phi) is 4.99. The minimum Gasteiger partial charge on any atom is -0.494 e. The summed E-state index contributed by atoms with van der Waals surface area (Å²) in [5, 5.41) is 4.00. The van der Waals surface area contributed by atoms with Gasteiger partial charge in [0.2, 0.25) is 0 Å². The van der Waals surface area contributed by atoms with Gasteiger partial charge in [0.05, 0.1) is 7.11 Å². The predicted molar refractivity (Wildman–Crippen MR) is 79.7 cm³/mol. The van der Waals surface area contributed by atoms with Crippen molar-refractivity contribution in [2.75, 3.05) is 7.11 Å². The lowest BCUT2D eigenvalue weighted by Gasteiger charge is -2.15. The summed E-state index contributed by atoms with van der Waals surface area (Å²) in [6.07, 6.45) is 0. The first-order valence-electron chi connectivity index (χ1n) is 6.42. The maximum atomic E-state index is 14.0. The van der Waals surface area contributed by atoms with Gasteiger partial charge in [0, 0.05) is 23.2 Å². The molecule has 1 N–H and O–H groups in total. The van der Waals surface area contributed by atoms with E-state index in [1.54, 1.807) is 18.2 Å². The molecule has 2 nitrogen and oxygen atoms in total. The first-order chi connectivity index (χ1) is 9.61. The van der Waals surface area contributed by atoms with Crippen molar-refractivity contribution in [3.05, 3.63) is 64.4 Å². The number of benzene rings is 2. The minimum absolute atomic E-state index is 0.109. The highest BCUT2D eigenvalue weighted by Crippen LogP contribution is 2.21. The van der Waals surface area contributed by atoms with E-state index in [9.17, 15) is 4.39 Å². The fourth-order valence-electron chi connectivity index (χ4n) is 1.98. The lowest BCUT2D eigenvalue weighted by Crippen LogP contribution is -2.18. The molecule has 0 spiro atoms. The van der Waals surface area contributed by atoms with Gasteiger partial charge in [-0.05, 0) is 30.7 Å². The molecule has 0 fully saturated rings. The van der Waals surface area contributed by atoms with E-state index in [4.69, 9.17) is 16.3 Å². The van der Waals surface area contributed by atoms with Gasteiger partial charge in [-0.25, -0.2) is 4.39 Å². The second-order valence-corrected chi connectivity index (χ2v) is 5.02. The molecule has 0 aliphatic heterocycles. The minimum atomic E-state index is -0.314. The molecule has 4 heteroatoms. The van der Waals surface area contributed by atoms with Crippen molar-refractivity contribution >= 4 is 11.6 Å². The first-order valence-corrected chi connectivity index (χ1v) is 6.80. The predicted octanol–water partition coefficient (Wildman–Crippen LogP) is 4.34. The Hall–Kier alpha value is -1.58. The van der Waals surface area contributed by atoms with Crippen LogP contribution in [0.2, 0.25) is 5.02 Å². The van der Waals surface area contributed by atoms with Crippen molar-refractivity contribution in [2.45, 2.75) is 19.5 Å². The largest absolute Gasteiger partial charge is 0.494 e. The molecule has 0 saturated heterocycles. The van der Waals surface area contributed by atoms with Gasteiger partial charge in [-0.3, -0.25) is 0 Å². The standard InChI is InChI=1S/C16H17ClFNO/c1-11(12-6-8-14(17)9-7-12)19-10-13-4-3-5-15(20-2)16(13)18/h3-9,11,19H,10H2,1-2H3/t11-/m1/s1. The average Bonchev–Trinajstić information content (AvgIpc) is 2.46. The molecule has 0 heterocycles. The van der Waals surface area contributed by atoms with Gasteiger partial charge < -0.3 is 10.1 Å². The van der Waals surface area contributed by atoms with E-state index < -0.39 is 0 Å². The number of hydrogen-bond donors (Lipinski definition) is 1. The van der Waals surface area contributed by atoms with Crippen molar-refractivity contribution < 1.29 is 9.13 Å². The van der Waals surface area contributed by atoms with Crippen LogP contribution in [-0.2, 0) is 6.54 Å². The number of ether oxygens (including phenoxy) is 1. The van der Waals surface area contributed by atoms with Crippen LogP contribution in [0.5, 0.6) is 5.75 Å². The highest BCUT2D eigenvalue weighted by atomic mass is 35.5. The summed E-state index contributed by atoms with van der Waals surface area (Å²) in [4.78, 5) is 0. The number of methoxy groups -OCH3 is 1. The van der Waals surface area contributed by atoms with Crippen LogP contribution in [0, 0.1) is 5.82 Å². The summed E-state index contributed by atoms with van der Waals surface area (Å²) in [6.45, 7) is 2.47. The lowest BCUT2D eigenvalue weighted by molar-refractivity contribution is 0.382. The van der Waals surface area contributed by atoms with Gasteiger partial charge in [-0.2, -0.15) is 0 Å². The molecule has 2 aromatic carbocycles. The second kappa shape index (κ2) is 6.73. The Morgan fingerprint density at radius 1 is 1.20 bits per heavy atom. The lowest BCUT2D eigenvalue weighted by atomic mass is 10.1. The van der Waals surface area contributed by atoms with Crippen LogP contribution in [0.1, 0.15) is 24.1 Å². The fourth-order valence-corrected chi connectivity index (χ4v) is 2.11. The number of rotatable bonds is 5. The third-order valence-electron chi connectivity index (χ3n) is 3.23. The summed E-state index contributed by atoms with van der Waals surface area (Å²) in [5.41, 5.74) is 1.70. The zero-order valence-electron chi connectivity index (χ0n) is 11.5. The van der Waals surface area contributed by atoms with Crippen molar-refractivity contribution in [2.24, 2.45) is 0 Å². The average molecular weight is 294 g/mol. The summed E-state index contributed by atoms with van der Waals surface area (Å²) in [7, 11) is 1.46. The molecule has 106 valence electrons. The van der Waals surface area contributed by atoms with Gasteiger partial charge >= 0.3 is 0 Å². The van der Waals surface area contributed by atoms with Gasteiger partial charge in [-0.1, -0.05) is 35.9 Å². The van der Waals surface area contributed by atoms with Crippen LogP contribution >= 0.6 is 11.6 Å². The van der Waals surface area contributed by atoms with E-state index in [1.807, 2.05) is 31.2 Å². The van der Waals surface area contributed by atoms with Crippen molar-refractivity contribution in [1.82, 2.24) is 5.32 Å². The smallest absolute Gasteiger partial charge is 0.169 e. The normalized spacial score (nSPS) is 12.2. The Morgan fingerprint density at radius 3 is 2.55 bits per heavy atom. The quantitative estimate of drug-likeness (QED) is 0.885. The Labute approximate surface area is 123 Å². The topological polar surface area (TPSA) is 21.3 Å². The molecule has 0 radical (unpaired) electrons. The molecule has 2 aromatic rings. The third kappa shape index (κ3) is 3.50. The molecule has 0 aliphatic rings. The number of halogens is 2. The molecule has 1 atom stereocenters. The molecule has 20 heavy (non-hydrogen) atoms. The van der Waals surface area contributed by atoms with Crippen molar-refractivity contribution in [3.63, 3.8) is 0 Å². The van der Waals surface area contributed by atoms with E-state index in [2.05, 4.69) is 5.32 Å². The van der Waals surface area contributed by atoms with E-state index >= 15 is 0 Å². The maximum absolute atomic E-state index is 14.0. The van der Waals surface area contributed by atoms with Gasteiger partial charge in [-0.15, -0.1) is 0 Å². The zero-order valence-corrected chi connectivity index (χ0v) is 12.2. The van der Waals surface area contributed by atoms with E-state index in [1.165, 1.54) is 7.11 Å². The van der Waals surface area contributed by atoms with Crippen LogP contribution in [0.3, 0.4) is 0 Å². The summed E-state index contributed by atoms with van der Waals surface area (Å²) < 4.78 is 19.0. The molecule has 0 amide bonds. The SMILES string of the molecule is COc1cccc(CN[C@H](C)c2ccc(Cl)cc2)c1F. The molecular weight excluding hydrogens is 277 g/mol. The van der Waals surface area contributed by atoms with E-state index in [0.717, 1.165) is 5.56 Å². The van der Waals surface area contributed by atoms with Crippen LogP contribution < -0.4 is 10.1 Å². The maximum Gasteiger partial charge on any atom is 0.169 e. The Bertz CT molecular complexity index is 571. The number of hydrogen-bond acceptors (Lipinski definition) is 2. The fraction of sp³-hybridized carbons (Fsp3) is 0.250. The number of nitrogens with one attached hydrogen (secondary N) is 1. The monoisotopic (exact) mass is 293 g/mol. The van der Waals surface area contributed by atoms with Crippen LogP contribution in [0.4, 0.5) is 4.39 Å². The summed E-state index contributed by atoms with van der Waals surface area (Å²) in [6, 6.07) is 12.9. The van der Waals surface area contributed by atoms with Crippen LogP contribution in [-0.4, -0.2) is 7.11 Å². The molecule has 0 bridgehead atoms. The van der Waals surface area contributed by atoms with Crippen LogP contribution in [0.15, 0.2) is 42.5 Å². The molecule has 0 saturated carbocycles. The molecule has 0 aliphatic carbocycles. The highest BCUT2D eigenvalue weighted by Gasteiger charge is 2.10. The zero-order chi connectivity index (χ0) is 14.5. The van der Waals surface area contributed by atoms with E-state index in [-0.39, 0.29) is 17.6 Å². The molecule has 0 aromatic heterocycles. The van der Waals surface area contributed by atoms with Crippen molar-refractivity contribution in [1.29, 1.82) is 0 Å². The summed E-state index contributed by atoms with van der Waals surface area (Å²) in [5.74, 6) is -0.0470. The molecule has 0 unspecified atom stereocenters. The third-order valence-corrected chi connectivity index (χ3v) is 3.48.